The summed E-state index contributed by atoms with van der Waals surface area (Å²) in [6.07, 6.45) is 8.96. The number of unbranched alkanes of at least 4 members (excludes halogenated alkanes) is 5. The van der Waals surface area contributed by atoms with E-state index in [-0.39, 0.29) is 18.3 Å². The van der Waals surface area contributed by atoms with Gasteiger partial charge in [-0.15, -0.1) is 0 Å². The molecule has 0 aliphatic carbocycles. The van der Waals surface area contributed by atoms with Crippen molar-refractivity contribution in [2.24, 2.45) is 0 Å². The van der Waals surface area contributed by atoms with E-state index in [0.717, 1.165) is 24.0 Å². The standard InChI is InChI=1S/C33H39NO5/c1-4-5-6-7-8-9-22-34-32(35)24-39-30-16-10-25(11-17-30)23-31(26-12-18-28(37-2)19-13-26)33(36)27-14-20-29(38-3)21-15-27/h10-21,23H,4-9,22,24H2,1-3H3,(H,34,35)/b31-23+. The minimum absolute atomic E-state index is 0.0297. The van der Waals surface area contributed by atoms with Crippen molar-refractivity contribution in [1.82, 2.24) is 5.32 Å². The van der Waals surface area contributed by atoms with Gasteiger partial charge in [-0.1, -0.05) is 63.3 Å². The Labute approximate surface area is 232 Å². The zero-order valence-electron chi connectivity index (χ0n) is 23.2. The van der Waals surface area contributed by atoms with Crippen LogP contribution in [-0.2, 0) is 4.79 Å². The first kappa shape index (κ1) is 29.5. The Morgan fingerprint density at radius 3 is 1.82 bits per heavy atom. The van der Waals surface area contributed by atoms with E-state index in [1.165, 1.54) is 25.7 Å². The van der Waals surface area contributed by atoms with E-state index in [2.05, 4.69) is 12.2 Å². The van der Waals surface area contributed by atoms with Crippen molar-refractivity contribution in [2.75, 3.05) is 27.4 Å². The number of nitrogens with one attached hydrogen (secondary N) is 1. The molecule has 0 atom stereocenters. The number of benzene rings is 3. The van der Waals surface area contributed by atoms with Crippen molar-refractivity contribution in [3.63, 3.8) is 0 Å². The van der Waals surface area contributed by atoms with E-state index >= 15 is 0 Å². The van der Waals surface area contributed by atoms with Crippen LogP contribution in [0.1, 0.15) is 66.9 Å². The van der Waals surface area contributed by atoms with E-state index < -0.39 is 0 Å². The lowest BCUT2D eigenvalue weighted by Crippen LogP contribution is -2.29. The number of ketones is 1. The van der Waals surface area contributed by atoms with Crippen LogP contribution in [0, 0.1) is 0 Å². The number of amides is 1. The lowest BCUT2D eigenvalue weighted by atomic mass is 9.94. The molecule has 0 radical (unpaired) electrons. The summed E-state index contributed by atoms with van der Waals surface area (Å²) in [5.41, 5.74) is 2.72. The zero-order chi connectivity index (χ0) is 27.9. The maximum absolute atomic E-state index is 13.5. The summed E-state index contributed by atoms with van der Waals surface area (Å²) in [6.45, 7) is 2.85. The predicted octanol–water partition coefficient (Wildman–Crippen LogP) is 6.98. The predicted molar refractivity (Wildman–Crippen MR) is 157 cm³/mol. The quantitative estimate of drug-likeness (QED) is 0.0938. The number of carbonyl (C=O) groups is 2. The maximum Gasteiger partial charge on any atom is 0.257 e. The number of rotatable bonds is 16. The number of hydrogen-bond acceptors (Lipinski definition) is 5. The molecule has 3 rings (SSSR count). The van der Waals surface area contributed by atoms with Gasteiger partial charge in [0.15, 0.2) is 12.4 Å². The molecule has 1 N–H and O–H groups in total. The molecule has 206 valence electrons. The van der Waals surface area contributed by atoms with Gasteiger partial charge in [0.2, 0.25) is 0 Å². The van der Waals surface area contributed by atoms with Crippen molar-refractivity contribution in [2.45, 2.75) is 45.4 Å². The average molecular weight is 530 g/mol. The summed E-state index contributed by atoms with van der Waals surface area (Å²) < 4.78 is 16.2. The van der Waals surface area contributed by atoms with E-state index in [4.69, 9.17) is 14.2 Å². The van der Waals surface area contributed by atoms with Gasteiger partial charge in [0.25, 0.3) is 5.91 Å². The molecule has 3 aromatic carbocycles. The summed E-state index contributed by atoms with van der Waals surface area (Å²) in [6, 6.07) is 21.8. The van der Waals surface area contributed by atoms with Crippen LogP contribution in [0.25, 0.3) is 11.6 Å². The van der Waals surface area contributed by atoms with Gasteiger partial charge < -0.3 is 19.5 Å². The number of allylic oxidation sites excluding steroid dienone is 1. The minimum atomic E-state index is -0.126. The third-order valence-electron chi connectivity index (χ3n) is 6.41. The van der Waals surface area contributed by atoms with Gasteiger partial charge in [0, 0.05) is 17.7 Å². The fourth-order valence-corrected chi connectivity index (χ4v) is 4.11. The second kappa shape index (κ2) is 16.0. The highest BCUT2D eigenvalue weighted by atomic mass is 16.5. The monoisotopic (exact) mass is 529 g/mol. The Morgan fingerprint density at radius 2 is 1.23 bits per heavy atom. The molecule has 0 unspecified atom stereocenters. The maximum atomic E-state index is 13.5. The molecule has 0 aliphatic heterocycles. The van der Waals surface area contributed by atoms with Crippen molar-refractivity contribution in [3.05, 3.63) is 89.5 Å². The van der Waals surface area contributed by atoms with Gasteiger partial charge in [-0.05, 0) is 72.2 Å². The summed E-state index contributed by atoms with van der Waals surface area (Å²) in [7, 11) is 3.20. The fourth-order valence-electron chi connectivity index (χ4n) is 4.11. The van der Waals surface area contributed by atoms with Crippen LogP contribution >= 0.6 is 0 Å². The molecule has 1 amide bonds. The molecule has 6 nitrogen and oxygen atoms in total. The Balaban J connectivity index is 1.64. The number of methoxy groups -OCH3 is 2. The highest BCUT2D eigenvalue weighted by Crippen LogP contribution is 2.26. The lowest BCUT2D eigenvalue weighted by Gasteiger charge is -2.10. The van der Waals surface area contributed by atoms with Gasteiger partial charge in [0.05, 0.1) is 14.2 Å². The molecule has 0 spiro atoms. The van der Waals surface area contributed by atoms with Crippen molar-refractivity contribution in [3.8, 4) is 17.2 Å². The number of hydrogen-bond donors (Lipinski definition) is 1. The molecule has 3 aromatic rings. The van der Waals surface area contributed by atoms with Crippen LogP contribution in [0.2, 0.25) is 0 Å². The van der Waals surface area contributed by atoms with Crippen LogP contribution in [0.5, 0.6) is 17.2 Å². The molecular weight excluding hydrogens is 490 g/mol. The van der Waals surface area contributed by atoms with E-state index in [9.17, 15) is 9.59 Å². The summed E-state index contributed by atoms with van der Waals surface area (Å²) in [4.78, 5) is 25.6. The normalized spacial score (nSPS) is 11.1. The first-order valence-electron chi connectivity index (χ1n) is 13.6. The molecule has 39 heavy (non-hydrogen) atoms. The zero-order valence-corrected chi connectivity index (χ0v) is 23.2. The number of carbonyl (C=O) groups excluding carboxylic acids is 2. The highest BCUT2D eigenvalue weighted by molar-refractivity contribution is 6.32. The molecule has 0 saturated heterocycles. The summed E-state index contributed by atoms with van der Waals surface area (Å²) >= 11 is 0. The van der Waals surface area contributed by atoms with E-state index in [1.54, 1.807) is 50.6 Å². The number of ether oxygens (including phenoxy) is 3. The van der Waals surface area contributed by atoms with Crippen LogP contribution < -0.4 is 19.5 Å². The van der Waals surface area contributed by atoms with Crippen LogP contribution in [0.3, 0.4) is 0 Å². The minimum Gasteiger partial charge on any atom is -0.497 e. The first-order chi connectivity index (χ1) is 19.0. The van der Waals surface area contributed by atoms with Crippen LogP contribution in [-0.4, -0.2) is 39.1 Å². The van der Waals surface area contributed by atoms with Crippen LogP contribution in [0.15, 0.2) is 72.8 Å². The van der Waals surface area contributed by atoms with Gasteiger partial charge in [-0.25, -0.2) is 0 Å². The molecule has 0 bridgehead atoms. The second-order valence-corrected chi connectivity index (χ2v) is 9.32. The third-order valence-corrected chi connectivity index (χ3v) is 6.41. The molecule has 0 fully saturated rings. The molecule has 0 aromatic heterocycles. The average Bonchev–Trinajstić information content (AvgIpc) is 2.98. The van der Waals surface area contributed by atoms with Gasteiger partial charge in [-0.2, -0.15) is 0 Å². The number of Topliss-reactive ketones (excluding diaryl/α,β-unsaturated/α-hetero) is 1. The molecule has 0 aliphatic rings. The Hall–Kier alpha value is -4.06. The van der Waals surface area contributed by atoms with Gasteiger partial charge in [0.1, 0.15) is 17.2 Å². The smallest absolute Gasteiger partial charge is 0.257 e. The molecule has 6 heteroatoms. The van der Waals surface area contributed by atoms with Crippen molar-refractivity contribution < 1.29 is 23.8 Å². The third kappa shape index (κ3) is 9.64. The SMILES string of the molecule is CCCCCCCCNC(=O)COc1ccc(/C=C(/C(=O)c2ccc(OC)cc2)c2ccc(OC)cc2)cc1. The first-order valence-corrected chi connectivity index (χ1v) is 13.6. The second-order valence-electron chi connectivity index (χ2n) is 9.32. The Morgan fingerprint density at radius 1 is 0.692 bits per heavy atom. The Kier molecular flexibility index (Phi) is 12.1. The van der Waals surface area contributed by atoms with Gasteiger partial charge in [-0.3, -0.25) is 9.59 Å². The van der Waals surface area contributed by atoms with E-state index in [1.807, 2.05) is 42.5 Å². The van der Waals surface area contributed by atoms with Crippen molar-refractivity contribution in [1.29, 1.82) is 0 Å². The summed E-state index contributed by atoms with van der Waals surface area (Å²) in [5.74, 6) is 1.76. The van der Waals surface area contributed by atoms with Gasteiger partial charge >= 0.3 is 0 Å². The topological polar surface area (TPSA) is 73.9 Å². The highest BCUT2D eigenvalue weighted by Gasteiger charge is 2.15. The molecular formula is C33H39NO5. The van der Waals surface area contributed by atoms with Crippen LogP contribution in [0.4, 0.5) is 0 Å². The molecule has 0 saturated carbocycles. The summed E-state index contributed by atoms with van der Waals surface area (Å²) in [5, 5.41) is 2.92. The Bertz CT molecular complexity index is 1200. The lowest BCUT2D eigenvalue weighted by molar-refractivity contribution is -0.123. The van der Waals surface area contributed by atoms with Crippen molar-refractivity contribution >= 4 is 23.3 Å². The van der Waals surface area contributed by atoms with E-state index in [0.29, 0.717) is 34.9 Å². The fraction of sp³-hybridized carbons (Fsp3) is 0.333. The largest absolute Gasteiger partial charge is 0.497 e. The molecule has 0 heterocycles.